The molecule has 1 atom stereocenters. The summed E-state index contributed by atoms with van der Waals surface area (Å²) in [5.41, 5.74) is 0.371. The van der Waals surface area contributed by atoms with E-state index in [9.17, 15) is 9.59 Å². The summed E-state index contributed by atoms with van der Waals surface area (Å²) in [6, 6.07) is 5.76. The van der Waals surface area contributed by atoms with Gasteiger partial charge in [-0.05, 0) is 50.3 Å². The minimum absolute atomic E-state index is 0.0686. The Hall–Kier alpha value is -2.70. The van der Waals surface area contributed by atoms with E-state index >= 15 is 0 Å². The fourth-order valence-electron chi connectivity index (χ4n) is 5.28. The fraction of sp³-hybridized carbons (Fsp3) is 0.615. The Labute approximate surface area is 196 Å². The molecule has 7 nitrogen and oxygen atoms in total. The van der Waals surface area contributed by atoms with Crippen LogP contribution in [-0.4, -0.2) is 53.6 Å². The molecule has 180 valence electrons. The van der Waals surface area contributed by atoms with Crippen molar-refractivity contribution in [1.29, 1.82) is 0 Å². The van der Waals surface area contributed by atoms with E-state index in [1.807, 2.05) is 29.7 Å². The van der Waals surface area contributed by atoms with Gasteiger partial charge in [0.05, 0.1) is 26.3 Å². The molecule has 1 aliphatic carbocycles. The summed E-state index contributed by atoms with van der Waals surface area (Å²) in [6.45, 7) is 7.10. The number of carbonyl (C=O) groups is 2. The maximum absolute atomic E-state index is 13.9. The van der Waals surface area contributed by atoms with Gasteiger partial charge in [-0.1, -0.05) is 33.1 Å². The maximum atomic E-state index is 13.9. The number of nitrogens with zero attached hydrogens (tertiary/aromatic N) is 2. The number of rotatable bonds is 7. The molecule has 1 unspecified atom stereocenters. The molecule has 1 N–H and O–H groups in total. The SMILES string of the molecule is COc1ccc(OC)c2c1cc1n2CC(C)(C(=O)NC2CCCCC2)N(CCC(C)C)C1=O. The Morgan fingerprint density at radius 3 is 2.45 bits per heavy atom. The Morgan fingerprint density at radius 2 is 1.82 bits per heavy atom. The van der Waals surface area contributed by atoms with E-state index < -0.39 is 5.54 Å². The Bertz CT molecular complexity index is 1040. The first-order valence-electron chi connectivity index (χ1n) is 12.2. The summed E-state index contributed by atoms with van der Waals surface area (Å²) >= 11 is 0. The number of ether oxygens (including phenoxy) is 2. The molecule has 2 aliphatic rings. The van der Waals surface area contributed by atoms with Crippen LogP contribution in [0.15, 0.2) is 18.2 Å². The number of hydrogen-bond donors (Lipinski definition) is 1. The van der Waals surface area contributed by atoms with E-state index in [0.717, 1.165) is 43.0 Å². The molecule has 4 rings (SSSR count). The van der Waals surface area contributed by atoms with Crippen molar-refractivity contribution < 1.29 is 19.1 Å². The lowest BCUT2D eigenvalue weighted by atomic mass is 9.91. The van der Waals surface area contributed by atoms with Crippen LogP contribution >= 0.6 is 0 Å². The first-order valence-corrected chi connectivity index (χ1v) is 12.2. The summed E-state index contributed by atoms with van der Waals surface area (Å²) < 4.78 is 13.2. The maximum Gasteiger partial charge on any atom is 0.271 e. The van der Waals surface area contributed by atoms with Crippen molar-refractivity contribution in [1.82, 2.24) is 14.8 Å². The van der Waals surface area contributed by atoms with Crippen LogP contribution in [0.2, 0.25) is 0 Å². The molecular formula is C26H37N3O4. The number of amides is 2. The highest BCUT2D eigenvalue weighted by atomic mass is 16.5. The topological polar surface area (TPSA) is 72.8 Å². The quantitative estimate of drug-likeness (QED) is 0.673. The predicted octanol–water partition coefficient (Wildman–Crippen LogP) is 4.37. The average molecular weight is 456 g/mol. The summed E-state index contributed by atoms with van der Waals surface area (Å²) in [6.07, 6.45) is 6.35. The van der Waals surface area contributed by atoms with Crippen molar-refractivity contribution in [2.75, 3.05) is 20.8 Å². The van der Waals surface area contributed by atoms with Crippen LogP contribution in [-0.2, 0) is 11.3 Å². The lowest BCUT2D eigenvalue weighted by Gasteiger charge is -2.45. The number of nitrogens with one attached hydrogen (secondary N) is 1. The molecule has 1 aromatic heterocycles. The Balaban J connectivity index is 1.79. The number of benzene rings is 1. The average Bonchev–Trinajstić information content (AvgIpc) is 3.18. The van der Waals surface area contributed by atoms with Crippen molar-refractivity contribution in [2.45, 2.75) is 77.4 Å². The van der Waals surface area contributed by atoms with E-state index in [4.69, 9.17) is 9.47 Å². The lowest BCUT2D eigenvalue weighted by molar-refractivity contribution is -0.133. The predicted molar refractivity (Wildman–Crippen MR) is 129 cm³/mol. The molecule has 0 spiro atoms. The van der Waals surface area contributed by atoms with Crippen LogP contribution in [0, 0.1) is 5.92 Å². The number of fused-ring (bicyclic) bond motifs is 3. The van der Waals surface area contributed by atoms with Crippen LogP contribution in [0.25, 0.3) is 10.9 Å². The highest BCUT2D eigenvalue weighted by molar-refractivity contribution is 6.05. The van der Waals surface area contributed by atoms with Crippen molar-refractivity contribution in [3.63, 3.8) is 0 Å². The molecule has 2 heterocycles. The Kier molecular flexibility index (Phi) is 6.59. The lowest BCUT2D eigenvalue weighted by Crippen LogP contribution is -2.65. The third-order valence-corrected chi connectivity index (χ3v) is 7.31. The first kappa shape index (κ1) is 23.5. The largest absolute Gasteiger partial charge is 0.496 e. The number of aromatic nitrogens is 1. The summed E-state index contributed by atoms with van der Waals surface area (Å²) in [5, 5.41) is 4.11. The smallest absolute Gasteiger partial charge is 0.271 e. The van der Waals surface area contributed by atoms with Crippen molar-refractivity contribution in [3.05, 3.63) is 23.9 Å². The number of methoxy groups -OCH3 is 2. The van der Waals surface area contributed by atoms with Gasteiger partial charge in [-0.2, -0.15) is 0 Å². The van der Waals surface area contributed by atoms with E-state index in [0.29, 0.717) is 36.2 Å². The molecule has 2 aromatic rings. The van der Waals surface area contributed by atoms with E-state index in [-0.39, 0.29) is 17.9 Å². The zero-order valence-electron chi connectivity index (χ0n) is 20.6. The van der Waals surface area contributed by atoms with Gasteiger partial charge in [-0.25, -0.2) is 0 Å². The molecule has 0 saturated heterocycles. The molecule has 7 heteroatoms. The third kappa shape index (κ3) is 4.18. The third-order valence-electron chi connectivity index (χ3n) is 7.31. The first-order chi connectivity index (χ1) is 15.8. The summed E-state index contributed by atoms with van der Waals surface area (Å²) in [5.74, 6) is 1.58. The van der Waals surface area contributed by atoms with Gasteiger partial charge < -0.3 is 24.3 Å². The molecule has 1 aliphatic heterocycles. The van der Waals surface area contributed by atoms with Gasteiger partial charge in [-0.15, -0.1) is 0 Å². The zero-order chi connectivity index (χ0) is 23.8. The molecule has 2 amide bonds. The van der Waals surface area contributed by atoms with Gasteiger partial charge in [0.2, 0.25) is 5.91 Å². The minimum atomic E-state index is -0.990. The van der Waals surface area contributed by atoms with Gasteiger partial charge in [0.25, 0.3) is 5.91 Å². The van der Waals surface area contributed by atoms with Gasteiger partial charge in [0.15, 0.2) is 0 Å². The molecule has 0 radical (unpaired) electrons. The van der Waals surface area contributed by atoms with Crippen LogP contribution in [0.1, 0.15) is 69.8 Å². The molecule has 33 heavy (non-hydrogen) atoms. The van der Waals surface area contributed by atoms with Gasteiger partial charge in [0.1, 0.15) is 22.7 Å². The molecule has 1 aromatic carbocycles. The second kappa shape index (κ2) is 9.27. The normalized spacial score (nSPS) is 21.4. The molecule has 1 fully saturated rings. The van der Waals surface area contributed by atoms with E-state index in [1.165, 1.54) is 6.42 Å². The van der Waals surface area contributed by atoms with Crippen LogP contribution < -0.4 is 14.8 Å². The molecule has 0 bridgehead atoms. The van der Waals surface area contributed by atoms with Gasteiger partial charge in [-0.3, -0.25) is 9.59 Å². The van der Waals surface area contributed by atoms with Crippen molar-refractivity contribution in [3.8, 4) is 11.5 Å². The van der Waals surface area contributed by atoms with E-state index in [2.05, 4.69) is 19.2 Å². The van der Waals surface area contributed by atoms with E-state index in [1.54, 1.807) is 19.1 Å². The standard InChI is InChI=1S/C26H37N3O4/c1-17(2)13-14-29-24(30)20-15-19-21(32-4)11-12-22(33-5)23(19)28(20)16-26(29,3)25(31)27-18-9-7-6-8-10-18/h11-12,15,17-18H,6-10,13-14,16H2,1-5H3,(H,27,31). The van der Waals surface area contributed by atoms with Gasteiger partial charge in [0, 0.05) is 18.0 Å². The molecular weight excluding hydrogens is 418 g/mol. The Morgan fingerprint density at radius 1 is 1.15 bits per heavy atom. The number of carbonyl (C=O) groups excluding carboxylic acids is 2. The van der Waals surface area contributed by atoms with Gasteiger partial charge >= 0.3 is 0 Å². The highest BCUT2D eigenvalue weighted by Gasteiger charge is 2.48. The second-order valence-electron chi connectivity index (χ2n) is 10.1. The summed E-state index contributed by atoms with van der Waals surface area (Å²) in [4.78, 5) is 29.4. The second-order valence-corrected chi connectivity index (χ2v) is 10.1. The van der Waals surface area contributed by atoms with Crippen LogP contribution in [0.5, 0.6) is 11.5 Å². The fourth-order valence-corrected chi connectivity index (χ4v) is 5.28. The highest BCUT2D eigenvalue weighted by Crippen LogP contribution is 2.40. The van der Waals surface area contributed by atoms with Crippen molar-refractivity contribution in [2.24, 2.45) is 5.92 Å². The monoisotopic (exact) mass is 455 g/mol. The minimum Gasteiger partial charge on any atom is -0.496 e. The number of hydrogen-bond acceptors (Lipinski definition) is 4. The van der Waals surface area contributed by atoms with Crippen LogP contribution in [0.4, 0.5) is 0 Å². The molecule has 1 saturated carbocycles. The van der Waals surface area contributed by atoms with Crippen molar-refractivity contribution >= 4 is 22.7 Å². The van der Waals surface area contributed by atoms with Crippen LogP contribution in [0.3, 0.4) is 0 Å². The zero-order valence-corrected chi connectivity index (χ0v) is 20.6. The summed E-state index contributed by atoms with van der Waals surface area (Å²) in [7, 11) is 3.24.